The minimum atomic E-state index is -0.105. The van der Waals surface area contributed by atoms with Crippen molar-refractivity contribution in [3.05, 3.63) is 16.6 Å². The maximum absolute atomic E-state index is 6.14. The van der Waals surface area contributed by atoms with E-state index in [4.69, 9.17) is 4.74 Å². The normalized spacial score (nSPS) is 27.9. The molecule has 1 fully saturated rings. The number of hydrogen-bond acceptors (Lipinski definition) is 3. The Kier molecular flexibility index (Phi) is 2.86. The van der Waals surface area contributed by atoms with Gasteiger partial charge in [-0.1, -0.05) is 20.8 Å². The molecule has 0 amide bonds. The van der Waals surface area contributed by atoms with Crippen LogP contribution in [0.25, 0.3) is 0 Å². The Hall–Kier alpha value is -0.410. The maximum Gasteiger partial charge on any atom is 0.109 e. The minimum Gasteiger partial charge on any atom is -0.369 e. The van der Waals surface area contributed by atoms with Crippen molar-refractivity contribution in [1.29, 1.82) is 0 Å². The zero-order valence-corrected chi connectivity index (χ0v) is 10.6. The molecule has 1 aliphatic heterocycles. The lowest BCUT2D eigenvalue weighted by molar-refractivity contribution is -0.149. The van der Waals surface area contributed by atoms with Gasteiger partial charge in [-0.15, -0.1) is 11.3 Å². The first-order chi connectivity index (χ1) is 7.06. The van der Waals surface area contributed by atoms with Crippen molar-refractivity contribution in [2.75, 3.05) is 6.61 Å². The molecule has 3 heteroatoms. The van der Waals surface area contributed by atoms with Crippen LogP contribution in [0.3, 0.4) is 0 Å². The van der Waals surface area contributed by atoms with Crippen molar-refractivity contribution in [1.82, 2.24) is 4.98 Å². The Morgan fingerprint density at radius 1 is 1.40 bits per heavy atom. The van der Waals surface area contributed by atoms with Crippen molar-refractivity contribution in [3.63, 3.8) is 0 Å². The van der Waals surface area contributed by atoms with Gasteiger partial charge < -0.3 is 4.74 Å². The van der Waals surface area contributed by atoms with Crippen LogP contribution in [0, 0.1) is 5.41 Å². The third-order valence-corrected chi connectivity index (χ3v) is 4.23. The molecule has 1 unspecified atom stereocenters. The molecule has 0 bridgehead atoms. The molecule has 1 atom stereocenters. The van der Waals surface area contributed by atoms with Gasteiger partial charge in [-0.3, -0.25) is 4.98 Å². The van der Waals surface area contributed by atoms with E-state index in [0.29, 0.717) is 0 Å². The molecule has 0 radical (unpaired) electrons. The highest BCUT2D eigenvalue weighted by Crippen LogP contribution is 2.49. The second-order valence-electron chi connectivity index (χ2n) is 5.25. The van der Waals surface area contributed by atoms with E-state index in [-0.39, 0.29) is 11.0 Å². The molecule has 2 rings (SSSR count). The van der Waals surface area contributed by atoms with Crippen LogP contribution >= 0.6 is 11.3 Å². The van der Waals surface area contributed by atoms with Crippen LogP contribution in [0.2, 0.25) is 0 Å². The van der Waals surface area contributed by atoms with E-state index in [1.165, 1.54) is 17.7 Å². The zero-order valence-electron chi connectivity index (χ0n) is 9.75. The molecule has 0 aromatic carbocycles. The summed E-state index contributed by atoms with van der Waals surface area (Å²) in [5, 5.41) is 0. The SMILES string of the molecule is CC(C)(C)C1(c2cncs2)CCCCO1. The molecule has 2 nitrogen and oxygen atoms in total. The topological polar surface area (TPSA) is 22.1 Å². The highest BCUT2D eigenvalue weighted by molar-refractivity contribution is 7.09. The summed E-state index contributed by atoms with van der Waals surface area (Å²) in [4.78, 5) is 5.48. The fourth-order valence-electron chi connectivity index (χ4n) is 2.37. The molecule has 15 heavy (non-hydrogen) atoms. The predicted molar refractivity (Wildman–Crippen MR) is 63.1 cm³/mol. The summed E-state index contributed by atoms with van der Waals surface area (Å²) >= 11 is 1.72. The van der Waals surface area contributed by atoms with Crippen molar-refractivity contribution >= 4 is 11.3 Å². The molecular formula is C12H19NOS. The number of hydrogen-bond donors (Lipinski definition) is 0. The number of rotatable bonds is 1. The van der Waals surface area contributed by atoms with Crippen LogP contribution in [0.1, 0.15) is 44.9 Å². The Bertz CT molecular complexity index is 307. The van der Waals surface area contributed by atoms with Gasteiger partial charge in [0, 0.05) is 12.8 Å². The Morgan fingerprint density at radius 2 is 2.20 bits per heavy atom. The standard InChI is InChI=1S/C12H19NOS/c1-11(2,3)12(6-4-5-7-14-12)10-8-13-9-15-10/h8-9H,4-7H2,1-3H3. The first-order valence-corrected chi connectivity index (χ1v) is 6.47. The number of aromatic nitrogens is 1. The molecule has 0 aliphatic carbocycles. The second kappa shape index (κ2) is 3.87. The van der Waals surface area contributed by atoms with E-state index in [1.807, 2.05) is 11.7 Å². The molecule has 84 valence electrons. The van der Waals surface area contributed by atoms with E-state index in [1.54, 1.807) is 11.3 Å². The first-order valence-electron chi connectivity index (χ1n) is 5.59. The second-order valence-corrected chi connectivity index (χ2v) is 6.13. The molecule has 0 spiro atoms. The summed E-state index contributed by atoms with van der Waals surface area (Å²) in [5.74, 6) is 0. The van der Waals surface area contributed by atoms with Gasteiger partial charge in [-0.25, -0.2) is 0 Å². The number of thiazole rings is 1. The first kappa shape index (κ1) is 11.1. The summed E-state index contributed by atoms with van der Waals surface area (Å²) in [6.45, 7) is 7.67. The van der Waals surface area contributed by atoms with Crippen molar-refractivity contribution in [2.45, 2.75) is 45.6 Å². The highest BCUT2D eigenvalue weighted by Gasteiger charge is 2.46. The van der Waals surface area contributed by atoms with E-state index < -0.39 is 0 Å². The fraction of sp³-hybridized carbons (Fsp3) is 0.750. The molecule has 2 heterocycles. The minimum absolute atomic E-state index is 0.105. The summed E-state index contributed by atoms with van der Waals surface area (Å²) in [5.41, 5.74) is 1.94. The van der Waals surface area contributed by atoms with Gasteiger partial charge in [0.25, 0.3) is 0 Å². The molecule has 1 aromatic rings. The van der Waals surface area contributed by atoms with E-state index in [0.717, 1.165) is 13.0 Å². The van der Waals surface area contributed by atoms with E-state index >= 15 is 0 Å². The maximum atomic E-state index is 6.14. The summed E-state index contributed by atoms with van der Waals surface area (Å²) < 4.78 is 6.14. The Morgan fingerprint density at radius 3 is 2.67 bits per heavy atom. The lowest BCUT2D eigenvalue weighted by Crippen LogP contribution is -2.44. The lowest BCUT2D eigenvalue weighted by atomic mass is 9.71. The molecule has 0 saturated carbocycles. The monoisotopic (exact) mass is 225 g/mol. The highest BCUT2D eigenvalue weighted by atomic mass is 32.1. The average Bonchev–Trinajstić information content (AvgIpc) is 2.70. The predicted octanol–water partition coefficient (Wildman–Crippen LogP) is 3.59. The zero-order chi connectivity index (χ0) is 10.9. The van der Waals surface area contributed by atoms with Gasteiger partial charge in [-0.05, 0) is 24.7 Å². The molecule has 0 N–H and O–H groups in total. The van der Waals surface area contributed by atoms with Crippen molar-refractivity contribution in [3.8, 4) is 0 Å². The van der Waals surface area contributed by atoms with Crippen LogP contribution in [-0.4, -0.2) is 11.6 Å². The van der Waals surface area contributed by atoms with Gasteiger partial charge in [0.2, 0.25) is 0 Å². The van der Waals surface area contributed by atoms with Gasteiger partial charge >= 0.3 is 0 Å². The van der Waals surface area contributed by atoms with E-state index in [2.05, 4.69) is 25.8 Å². The summed E-state index contributed by atoms with van der Waals surface area (Å²) in [7, 11) is 0. The van der Waals surface area contributed by atoms with Crippen LogP contribution in [0.5, 0.6) is 0 Å². The van der Waals surface area contributed by atoms with Crippen molar-refractivity contribution in [2.24, 2.45) is 5.41 Å². The molecular weight excluding hydrogens is 206 g/mol. The van der Waals surface area contributed by atoms with E-state index in [9.17, 15) is 0 Å². The Labute approximate surface area is 95.7 Å². The van der Waals surface area contributed by atoms with Crippen molar-refractivity contribution < 1.29 is 4.74 Å². The van der Waals surface area contributed by atoms with Crippen LogP contribution in [0.4, 0.5) is 0 Å². The molecule has 1 aromatic heterocycles. The quantitative estimate of drug-likeness (QED) is 0.728. The third-order valence-electron chi connectivity index (χ3n) is 3.31. The third kappa shape index (κ3) is 1.83. The van der Waals surface area contributed by atoms with Gasteiger partial charge in [0.1, 0.15) is 5.60 Å². The van der Waals surface area contributed by atoms with Gasteiger partial charge in [-0.2, -0.15) is 0 Å². The fourth-order valence-corrected chi connectivity index (χ4v) is 3.38. The van der Waals surface area contributed by atoms with Gasteiger partial charge in [0.05, 0.1) is 10.4 Å². The number of nitrogens with zero attached hydrogens (tertiary/aromatic N) is 1. The number of ether oxygens (including phenoxy) is 1. The average molecular weight is 225 g/mol. The Balaban J connectivity index is 2.39. The largest absolute Gasteiger partial charge is 0.369 e. The summed E-state index contributed by atoms with van der Waals surface area (Å²) in [6.07, 6.45) is 5.55. The summed E-state index contributed by atoms with van der Waals surface area (Å²) in [6, 6.07) is 0. The smallest absolute Gasteiger partial charge is 0.109 e. The molecule has 1 saturated heterocycles. The lowest BCUT2D eigenvalue weighted by Gasteiger charge is -2.46. The van der Waals surface area contributed by atoms with Crippen LogP contribution in [-0.2, 0) is 10.3 Å². The van der Waals surface area contributed by atoms with Gasteiger partial charge in [0.15, 0.2) is 0 Å². The van der Waals surface area contributed by atoms with Crippen LogP contribution in [0.15, 0.2) is 11.7 Å². The molecule has 1 aliphatic rings. The van der Waals surface area contributed by atoms with Crippen LogP contribution < -0.4 is 0 Å².